The highest BCUT2D eigenvalue weighted by Gasteiger charge is 2.11. The van der Waals surface area contributed by atoms with Gasteiger partial charge in [0, 0.05) is 11.6 Å². The van der Waals surface area contributed by atoms with Crippen molar-refractivity contribution < 1.29 is 9.13 Å². The molecule has 0 aliphatic heterocycles. The third-order valence-electron chi connectivity index (χ3n) is 3.23. The Morgan fingerprint density at radius 3 is 2.38 bits per heavy atom. The van der Waals surface area contributed by atoms with E-state index in [2.05, 4.69) is 4.98 Å². The lowest BCUT2D eigenvalue weighted by atomic mass is 10.1. The second-order valence-corrected chi connectivity index (χ2v) is 5.66. The largest absolute Gasteiger partial charge is 0.438 e. The molecule has 0 unspecified atom stereocenters. The topological polar surface area (TPSA) is 45.9 Å². The van der Waals surface area contributed by atoms with E-state index in [4.69, 9.17) is 27.9 Å². The Morgan fingerprint density at radius 1 is 0.958 bits per heavy atom. The Balaban J connectivity index is 1.99. The van der Waals surface area contributed by atoms with Gasteiger partial charge in [-0.05, 0) is 48.5 Å². The van der Waals surface area contributed by atoms with Gasteiger partial charge >= 0.3 is 0 Å². The van der Waals surface area contributed by atoms with Gasteiger partial charge in [-0.3, -0.25) is 0 Å². The zero-order valence-corrected chi connectivity index (χ0v) is 13.6. The minimum atomic E-state index is -0.334. The lowest BCUT2D eigenvalue weighted by Gasteiger charge is -2.09. The van der Waals surface area contributed by atoms with Crippen LogP contribution in [0.3, 0.4) is 0 Å². The molecule has 118 valence electrons. The number of nitriles is 1. The van der Waals surface area contributed by atoms with Crippen LogP contribution in [-0.4, -0.2) is 4.98 Å². The molecule has 3 aromatic rings. The van der Waals surface area contributed by atoms with E-state index in [9.17, 15) is 9.65 Å². The maximum atomic E-state index is 13.0. The SMILES string of the molecule is N#Cc1ccc(-c2ccc(F)cc2)nc1Oc1ccc(Cl)c(Cl)c1. The van der Waals surface area contributed by atoms with E-state index in [0.717, 1.165) is 0 Å². The molecular weight excluding hydrogens is 350 g/mol. The summed E-state index contributed by atoms with van der Waals surface area (Å²) in [5, 5.41) is 9.96. The number of aromatic nitrogens is 1. The maximum absolute atomic E-state index is 13.0. The van der Waals surface area contributed by atoms with E-state index >= 15 is 0 Å². The van der Waals surface area contributed by atoms with Gasteiger partial charge in [-0.2, -0.15) is 5.26 Å². The molecule has 6 heteroatoms. The normalized spacial score (nSPS) is 10.2. The summed E-state index contributed by atoms with van der Waals surface area (Å²) in [5.41, 5.74) is 1.54. The first-order valence-electron chi connectivity index (χ1n) is 6.87. The molecule has 0 aliphatic rings. The van der Waals surface area contributed by atoms with Crippen LogP contribution in [0, 0.1) is 17.1 Å². The average Bonchev–Trinajstić information content (AvgIpc) is 2.59. The number of ether oxygens (including phenoxy) is 1. The fourth-order valence-electron chi connectivity index (χ4n) is 2.04. The number of pyridine rings is 1. The Labute approximate surface area is 147 Å². The lowest BCUT2D eigenvalue weighted by Crippen LogP contribution is -1.94. The monoisotopic (exact) mass is 358 g/mol. The number of hydrogen-bond acceptors (Lipinski definition) is 3. The Bertz CT molecular complexity index is 937. The molecular formula is C18H9Cl2FN2O. The molecule has 24 heavy (non-hydrogen) atoms. The van der Waals surface area contributed by atoms with Gasteiger partial charge in [0.2, 0.25) is 5.88 Å². The summed E-state index contributed by atoms with van der Waals surface area (Å²) in [6.07, 6.45) is 0. The van der Waals surface area contributed by atoms with Crippen LogP contribution in [0.4, 0.5) is 4.39 Å². The average molecular weight is 359 g/mol. The van der Waals surface area contributed by atoms with Crippen LogP contribution < -0.4 is 4.74 Å². The predicted molar refractivity (Wildman–Crippen MR) is 90.9 cm³/mol. The fourth-order valence-corrected chi connectivity index (χ4v) is 2.32. The number of rotatable bonds is 3. The van der Waals surface area contributed by atoms with E-state index in [-0.39, 0.29) is 17.3 Å². The number of benzene rings is 2. The third kappa shape index (κ3) is 3.48. The van der Waals surface area contributed by atoms with Crippen molar-refractivity contribution in [3.63, 3.8) is 0 Å². The lowest BCUT2D eigenvalue weighted by molar-refractivity contribution is 0.462. The fraction of sp³-hybridized carbons (Fsp3) is 0. The molecule has 0 saturated heterocycles. The molecule has 0 radical (unpaired) electrons. The first-order valence-corrected chi connectivity index (χ1v) is 7.62. The quantitative estimate of drug-likeness (QED) is 0.589. The van der Waals surface area contributed by atoms with Gasteiger partial charge in [-0.15, -0.1) is 0 Å². The highest BCUT2D eigenvalue weighted by molar-refractivity contribution is 6.42. The van der Waals surface area contributed by atoms with Crippen LogP contribution in [0.15, 0.2) is 54.6 Å². The van der Waals surface area contributed by atoms with Crippen molar-refractivity contribution in [1.29, 1.82) is 5.26 Å². The summed E-state index contributed by atoms with van der Waals surface area (Å²) in [4.78, 5) is 4.35. The maximum Gasteiger partial charge on any atom is 0.237 e. The second-order valence-electron chi connectivity index (χ2n) is 4.85. The second kappa shape index (κ2) is 6.88. The molecule has 0 aliphatic carbocycles. The molecule has 0 atom stereocenters. The molecule has 1 aromatic heterocycles. The van der Waals surface area contributed by atoms with Crippen LogP contribution in [0.2, 0.25) is 10.0 Å². The smallest absolute Gasteiger partial charge is 0.237 e. The van der Waals surface area contributed by atoms with E-state index in [1.807, 2.05) is 6.07 Å². The van der Waals surface area contributed by atoms with Crippen molar-refractivity contribution in [2.24, 2.45) is 0 Å². The van der Waals surface area contributed by atoms with Crippen LogP contribution in [0.25, 0.3) is 11.3 Å². The number of halogens is 3. The van der Waals surface area contributed by atoms with Crippen LogP contribution in [-0.2, 0) is 0 Å². The summed E-state index contributed by atoms with van der Waals surface area (Å²) in [6, 6.07) is 15.9. The van der Waals surface area contributed by atoms with Gasteiger partial charge in [0.05, 0.1) is 15.7 Å². The summed E-state index contributed by atoms with van der Waals surface area (Å²) < 4.78 is 18.7. The number of nitrogens with zero attached hydrogens (tertiary/aromatic N) is 2. The van der Waals surface area contributed by atoms with Crippen molar-refractivity contribution in [3.8, 4) is 29.0 Å². The van der Waals surface area contributed by atoms with E-state index in [0.29, 0.717) is 27.1 Å². The molecule has 0 spiro atoms. The van der Waals surface area contributed by atoms with Gasteiger partial charge < -0.3 is 4.74 Å². The molecule has 3 nitrogen and oxygen atoms in total. The van der Waals surface area contributed by atoms with Crippen LogP contribution in [0.5, 0.6) is 11.6 Å². The summed E-state index contributed by atoms with van der Waals surface area (Å²) in [7, 11) is 0. The predicted octanol–water partition coefficient (Wildman–Crippen LogP) is 5.86. The van der Waals surface area contributed by atoms with Crippen molar-refractivity contribution >= 4 is 23.2 Å². The van der Waals surface area contributed by atoms with Crippen LogP contribution >= 0.6 is 23.2 Å². The van der Waals surface area contributed by atoms with Gasteiger partial charge in [0.15, 0.2) is 0 Å². The molecule has 0 saturated carbocycles. The summed E-state index contributed by atoms with van der Waals surface area (Å²) in [5.74, 6) is 0.210. The van der Waals surface area contributed by atoms with Gasteiger partial charge in [-0.25, -0.2) is 9.37 Å². The number of hydrogen-bond donors (Lipinski definition) is 0. The zero-order chi connectivity index (χ0) is 17.1. The highest BCUT2D eigenvalue weighted by atomic mass is 35.5. The van der Waals surface area contributed by atoms with Crippen molar-refractivity contribution in [3.05, 3.63) is 76.0 Å². The van der Waals surface area contributed by atoms with Crippen molar-refractivity contribution in [2.45, 2.75) is 0 Å². The Morgan fingerprint density at radius 2 is 1.71 bits per heavy atom. The van der Waals surface area contributed by atoms with Crippen molar-refractivity contribution in [2.75, 3.05) is 0 Å². The van der Waals surface area contributed by atoms with Gasteiger partial charge in [0.25, 0.3) is 0 Å². The molecule has 0 amide bonds. The van der Waals surface area contributed by atoms with Crippen molar-refractivity contribution in [1.82, 2.24) is 4.98 Å². The molecule has 0 N–H and O–H groups in total. The Hall–Kier alpha value is -2.61. The standard InChI is InChI=1S/C18H9Cl2FN2O/c19-15-7-6-14(9-16(15)20)24-18-12(10-22)3-8-17(23-18)11-1-4-13(21)5-2-11/h1-9H. The molecule has 1 heterocycles. The molecule has 2 aromatic carbocycles. The van der Waals surface area contributed by atoms with E-state index in [1.165, 1.54) is 18.2 Å². The summed E-state index contributed by atoms with van der Waals surface area (Å²) >= 11 is 11.8. The molecule has 0 bridgehead atoms. The molecule has 3 rings (SSSR count). The highest BCUT2D eigenvalue weighted by Crippen LogP contribution is 2.31. The molecule has 0 fully saturated rings. The third-order valence-corrected chi connectivity index (χ3v) is 3.97. The Kier molecular flexibility index (Phi) is 4.66. The van der Waals surface area contributed by atoms with Crippen LogP contribution in [0.1, 0.15) is 5.56 Å². The zero-order valence-electron chi connectivity index (χ0n) is 12.1. The minimum absolute atomic E-state index is 0.137. The first-order chi connectivity index (χ1) is 11.6. The van der Waals surface area contributed by atoms with E-state index in [1.54, 1.807) is 36.4 Å². The minimum Gasteiger partial charge on any atom is -0.438 e. The van der Waals surface area contributed by atoms with Gasteiger partial charge in [-0.1, -0.05) is 23.2 Å². The summed E-state index contributed by atoms with van der Waals surface area (Å²) in [6.45, 7) is 0. The van der Waals surface area contributed by atoms with Gasteiger partial charge in [0.1, 0.15) is 23.2 Å². The van der Waals surface area contributed by atoms with E-state index < -0.39 is 0 Å². The first kappa shape index (κ1) is 16.3.